The van der Waals surface area contributed by atoms with Gasteiger partial charge in [0.15, 0.2) is 0 Å². The number of amides is 1. The molecule has 1 amide bonds. The molecule has 4 nitrogen and oxygen atoms in total. The number of nitrogens with one attached hydrogen (secondary N) is 1. The van der Waals surface area contributed by atoms with Crippen molar-refractivity contribution in [1.82, 2.24) is 10.2 Å². The zero-order chi connectivity index (χ0) is 13.8. The van der Waals surface area contributed by atoms with E-state index in [4.69, 9.17) is 4.74 Å². The Morgan fingerprint density at radius 1 is 1.20 bits per heavy atom. The van der Waals surface area contributed by atoms with Gasteiger partial charge in [-0.25, -0.2) is 0 Å². The second-order valence-electron chi connectivity index (χ2n) is 5.81. The average Bonchev–Trinajstić information content (AvgIpc) is 2.70. The van der Waals surface area contributed by atoms with Crippen LogP contribution in [0.2, 0.25) is 0 Å². The van der Waals surface area contributed by atoms with Gasteiger partial charge < -0.3 is 15.0 Å². The molecule has 1 N–H and O–H groups in total. The summed E-state index contributed by atoms with van der Waals surface area (Å²) in [5.41, 5.74) is 1.05. The number of nitrogens with zero attached hydrogens (tertiary/aromatic N) is 1. The fraction of sp³-hybridized carbons (Fsp3) is 0.562. The molecule has 2 saturated heterocycles. The molecule has 2 aliphatic rings. The molecule has 0 saturated carbocycles. The summed E-state index contributed by atoms with van der Waals surface area (Å²) in [5, 5.41) is 3.41. The first-order valence-electron chi connectivity index (χ1n) is 7.44. The van der Waals surface area contributed by atoms with Crippen molar-refractivity contribution in [1.29, 1.82) is 0 Å². The lowest BCUT2D eigenvalue weighted by atomic mass is 9.92. The van der Waals surface area contributed by atoms with E-state index < -0.39 is 0 Å². The van der Waals surface area contributed by atoms with Crippen LogP contribution in [0.3, 0.4) is 0 Å². The summed E-state index contributed by atoms with van der Waals surface area (Å²) in [4.78, 5) is 14.1. The number of carbonyl (C=O) groups excluding carboxylic acids is 1. The van der Waals surface area contributed by atoms with Gasteiger partial charge >= 0.3 is 0 Å². The van der Waals surface area contributed by atoms with E-state index in [1.54, 1.807) is 0 Å². The Bertz CT molecular complexity index is 453. The molecular weight excluding hydrogens is 252 g/mol. The van der Waals surface area contributed by atoms with Crippen molar-refractivity contribution in [2.75, 3.05) is 26.2 Å². The quantitative estimate of drug-likeness (QED) is 0.890. The monoisotopic (exact) mass is 274 g/mol. The Balaban J connectivity index is 1.71. The van der Waals surface area contributed by atoms with E-state index in [0.717, 1.165) is 38.9 Å². The second kappa shape index (κ2) is 5.94. The summed E-state index contributed by atoms with van der Waals surface area (Å²) in [7, 11) is 0. The maximum Gasteiger partial charge on any atom is 0.248 e. The van der Waals surface area contributed by atoms with E-state index >= 15 is 0 Å². The standard InChI is InChI=1S/C16H22N2O2/c19-15-12-20-16(7-4-9-17-10-8-16)13-18(15)11-14-5-2-1-3-6-14/h1-3,5-6,17H,4,7-13H2. The third kappa shape index (κ3) is 3.02. The lowest BCUT2D eigenvalue weighted by molar-refractivity contribution is -0.166. The summed E-state index contributed by atoms with van der Waals surface area (Å²) in [6.07, 6.45) is 3.15. The molecule has 0 bridgehead atoms. The minimum Gasteiger partial charge on any atom is -0.363 e. The molecule has 1 atom stereocenters. The molecule has 2 fully saturated rings. The summed E-state index contributed by atoms with van der Waals surface area (Å²) >= 11 is 0. The summed E-state index contributed by atoms with van der Waals surface area (Å²) in [5.74, 6) is 0.108. The summed E-state index contributed by atoms with van der Waals surface area (Å²) in [6, 6.07) is 10.2. The summed E-state index contributed by atoms with van der Waals surface area (Å²) in [6.45, 7) is 3.68. The molecule has 1 aromatic rings. The van der Waals surface area contributed by atoms with Crippen LogP contribution in [-0.4, -0.2) is 42.6 Å². The van der Waals surface area contributed by atoms with Gasteiger partial charge in [0.1, 0.15) is 6.61 Å². The Morgan fingerprint density at radius 3 is 2.90 bits per heavy atom. The topological polar surface area (TPSA) is 41.6 Å². The van der Waals surface area contributed by atoms with Crippen molar-refractivity contribution in [3.05, 3.63) is 35.9 Å². The smallest absolute Gasteiger partial charge is 0.248 e. The first-order valence-corrected chi connectivity index (χ1v) is 7.44. The van der Waals surface area contributed by atoms with Crippen LogP contribution < -0.4 is 5.32 Å². The van der Waals surface area contributed by atoms with E-state index in [0.29, 0.717) is 6.54 Å². The zero-order valence-corrected chi connectivity index (χ0v) is 11.8. The number of hydrogen-bond donors (Lipinski definition) is 1. The van der Waals surface area contributed by atoms with Crippen molar-refractivity contribution >= 4 is 5.91 Å². The molecule has 2 heterocycles. The Kier molecular flexibility index (Phi) is 4.03. The lowest BCUT2D eigenvalue weighted by Gasteiger charge is -2.42. The Labute approximate surface area is 120 Å². The molecular formula is C16H22N2O2. The third-order valence-corrected chi connectivity index (χ3v) is 4.29. The molecule has 2 aliphatic heterocycles. The van der Waals surface area contributed by atoms with Gasteiger partial charge in [-0.3, -0.25) is 4.79 Å². The van der Waals surface area contributed by atoms with Crippen LogP contribution in [-0.2, 0) is 16.1 Å². The highest BCUT2D eigenvalue weighted by atomic mass is 16.5. The van der Waals surface area contributed by atoms with Crippen LogP contribution in [0.4, 0.5) is 0 Å². The van der Waals surface area contributed by atoms with Crippen LogP contribution in [0.1, 0.15) is 24.8 Å². The fourth-order valence-electron chi connectivity index (χ4n) is 3.14. The zero-order valence-electron chi connectivity index (χ0n) is 11.8. The highest BCUT2D eigenvalue weighted by molar-refractivity contribution is 5.78. The summed E-state index contributed by atoms with van der Waals surface area (Å²) < 4.78 is 5.94. The predicted molar refractivity (Wildman–Crippen MR) is 77.3 cm³/mol. The Hall–Kier alpha value is -1.39. The molecule has 1 unspecified atom stereocenters. The number of morpholine rings is 1. The lowest BCUT2D eigenvalue weighted by Crippen LogP contribution is -2.54. The molecule has 0 aliphatic carbocycles. The average molecular weight is 274 g/mol. The van der Waals surface area contributed by atoms with Crippen LogP contribution >= 0.6 is 0 Å². The first kappa shape index (κ1) is 13.6. The highest BCUT2D eigenvalue weighted by Gasteiger charge is 2.39. The maximum atomic E-state index is 12.1. The van der Waals surface area contributed by atoms with E-state index in [2.05, 4.69) is 17.4 Å². The molecule has 1 spiro atoms. The molecule has 20 heavy (non-hydrogen) atoms. The van der Waals surface area contributed by atoms with Crippen LogP contribution in [0, 0.1) is 0 Å². The maximum absolute atomic E-state index is 12.1. The van der Waals surface area contributed by atoms with Gasteiger partial charge in [0.25, 0.3) is 0 Å². The van der Waals surface area contributed by atoms with E-state index in [1.807, 2.05) is 23.1 Å². The van der Waals surface area contributed by atoms with Gasteiger partial charge in [0.2, 0.25) is 5.91 Å². The van der Waals surface area contributed by atoms with Gasteiger partial charge in [-0.15, -0.1) is 0 Å². The van der Waals surface area contributed by atoms with Gasteiger partial charge in [0.05, 0.1) is 12.1 Å². The van der Waals surface area contributed by atoms with Gasteiger partial charge in [-0.1, -0.05) is 30.3 Å². The molecule has 0 aromatic heterocycles. The number of benzene rings is 1. The van der Waals surface area contributed by atoms with Gasteiger partial charge in [-0.2, -0.15) is 0 Å². The molecule has 108 valence electrons. The van der Waals surface area contributed by atoms with Crippen LogP contribution in [0.25, 0.3) is 0 Å². The van der Waals surface area contributed by atoms with Gasteiger partial charge in [-0.05, 0) is 37.9 Å². The first-order chi connectivity index (χ1) is 9.77. The van der Waals surface area contributed by atoms with E-state index in [1.165, 1.54) is 5.56 Å². The van der Waals surface area contributed by atoms with Gasteiger partial charge in [0, 0.05) is 6.54 Å². The van der Waals surface area contributed by atoms with E-state index in [9.17, 15) is 4.79 Å². The molecule has 1 aromatic carbocycles. The minimum atomic E-state index is -0.133. The number of rotatable bonds is 2. The fourth-order valence-corrected chi connectivity index (χ4v) is 3.14. The number of hydrogen-bond acceptors (Lipinski definition) is 3. The van der Waals surface area contributed by atoms with Crippen molar-refractivity contribution in [2.24, 2.45) is 0 Å². The predicted octanol–water partition coefficient (Wildman–Crippen LogP) is 1.56. The molecule has 0 radical (unpaired) electrons. The number of carbonyl (C=O) groups is 1. The third-order valence-electron chi connectivity index (χ3n) is 4.29. The minimum absolute atomic E-state index is 0.108. The molecule has 3 rings (SSSR count). The molecule has 4 heteroatoms. The second-order valence-corrected chi connectivity index (χ2v) is 5.81. The van der Waals surface area contributed by atoms with Crippen molar-refractivity contribution < 1.29 is 9.53 Å². The largest absolute Gasteiger partial charge is 0.363 e. The Morgan fingerprint density at radius 2 is 2.05 bits per heavy atom. The number of ether oxygens (including phenoxy) is 1. The highest BCUT2D eigenvalue weighted by Crippen LogP contribution is 2.29. The van der Waals surface area contributed by atoms with Crippen molar-refractivity contribution in [3.63, 3.8) is 0 Å². The SMILES string of the molecule is O=C1COC2(CCCNCC2)CN1Cc1ccccc1. The van der Waals surface area contributed by atoms with Crippen LogP contribution in [0.15, 0.2) is 30.3 Å². The van der Waals surface area contributed by atoms with Crippen molar-refractivity contribution in [3.8, 4) is 0 Å². The van der Waals surface area contributed by atoms with Crippen LogP contribution in [0.5, 0.6) is 0 Å². The van der Waals surface area contributed by atoms with E-state index in [-0.39, 0.29) is 18.1 Å². The normalized spacial score (nSPS) is 27.6. The van der Waals surface area contributed by atoms with Crippen molar-refractivity contribution in [2.45, 2.75) is 31.4 Å².